The van der Waals surface area contributed by atoms with Gasteiger partial charge < -0.3 is 5.32 Å². The van der Waals surface area contributed by atoms with Gasteiger partial charge in [0.1, 0.15) is 5.01 Å². The van der Waals surface area contributed by atoms with Gasteiger partial charge in [-0.25, -0.2) is 0 Å². The molecule has 2 rings (SSSR count). The molecule has 0 radical (unpaired) electrons. The quantitative estimate of drug-likeness (QED) is 0.882. The van der Waals surface area contributed by atoms with Gasteiger partial charge in [0.15, 0.2) is 0 Å². The summed E-state index contributed by atoms with van der Waals surface area (Å²) in [6.07, 6.45) is 1.96. The normalized spacial score (nSPS) is 10.8. The smallest absolute Gasteiger partial charge is 0.205 e. The zero-order chi connectivity index (χ0) is 12.3. The highest BCUT2D eigenvalue weighted by Crippen LogP contribution is 2.16. The van der Waals surface area contributed by atoms with Crippen molar-refractivity contribution in [3.8, 4) is 0 Å². The van der Waals surface area contributed by atoms with Gasteiger partial charge in [-0.15, -0.1) is 10.2 Å². The van der Waals surface area contributed by atoms with Crippen LogP contribution in [-0.4, -0.2) is 27.0 Å². The number of anilines is 1. The van der Waals surface area contributed by atoms with Crippen LogP contribution in [0.4, 0.5) is 5.13 Å². The molecule has 0 saturated heterocycles. The van der Waals surface area contributed by atoms with E-state index in [4.69, 9.17) is 0 Å². The predicted octanol–water partition coefficient (Wildman–Crippen LogP) is 1.95. The summed E-state index contributed by atoms with van der Waals surface area (Å²) in [5, 5.41) is 17.6. The largest absolute Gasteiger partial charge is 0.363 e. The van der Waals surface area contributed by atoms with Gasteiger partial charge in [-0.2, -0.15) is 5.10 Å². The number of hydrogen-bond acceptors (Lipinski definition) is 5. The molecule has 2 aromatic heterocycles. The molecule has 0 saturated carbocycles. The molecule has 1 N–H and O–H groups in total. The van der Waals surface area contributed by atoms with E-state index in [0.717, 1.165) is 28.7 Å². The third-order valence-electron chi connectivity index (χ3n) is 2.60. The molecule has 0 aliphatic rings. The summed E-state index contributed by atoms with van der Waals surface area (Å²) < 4.78 is 2.03. The molecule has 0 atom stereocenters. The van der Waals surface area contributed by atoms with Crippen LogP contribution in [-0.2, 0) is 19.4 Å². The van der Waals surface area contributed by atoms with E-state index in [2.05, 4.69) is 40.5 Å². The van der Waals surface area contributed by atoms with Gasteiger partial charge in [-0.1, -0.05) is 25.2 Å². The lowest BCUT2D eigenvalue weighted by atomic mass is 10.3. The van der Waals surface area contributed by atoms with E-state index in [1.54, 1.807) is 11.3 Å². The molecule has 0 aliphatic carbocycles. The van der Waals surface area contributed by atoms with Crippen molar-refractivity contribution < 1.29 is 0 Å². The minimum atomic E-state index is 0.711. The molecular formula is C11H17N5S. The first-order valence-electron chi connectivity index (χ1n) is 5.82. The first-order valence-corrected chi connectivity index (χ1v) is 6.64. The number of aromatic nitrogens is 4. The second kappa shape index (κ2) is 5.27. The van der Waals surface area contributed by atoms with Crippen molar-refractivity contribution in [2.75, 3.05) is 12.4 Å². The van der Waals surface area contributed by atoms with Crippen LogP contribution in [0.5, 0.6) is 0 Å². The van der Waals surface area contributed by atoms with Crippen molar-refractivity contribution in [1.29, 1.82) is 0 Å². The third kappa shape index (κ3) is 2.63. The van der Waals surface area contributed by atoms with Crippen LogP contribution in [0.3, 0.4) is 0 Å². The second-order valence-corrected chi connectivity index (χ2v) is 4.80. The van der Waals surface area contributed by atoms with Crippen molar-refractivity contribution in [2.24, 2.45) is 0 Å². The van der Waals surface area contributed by atoms with E-state index in [9.17, 15) is 0 Å². The average Bonchev–Trinajstić information content (AvgIpc) is 2.95. The van der Waals surface area contributed by atoms with E-state index in [1.807, 2.05) is 11.7 Å². The molecule has 0 aromatic carbocycles. The fourth-order valence-electron chi connectivity index (χ4n) is 1.66. The van der Waals surface area contributed by atoms with E-state index in [1.165, 1.54) is 5.69 Å². The molecule has 2 aromatic rings. The fourth-order valence-corrected chi connectivity index (χ4v) is 2.33. The molecule has 5 nitrogen and oxygen atoms in total. The highest BCUT2D eigenvalue weighted by atomic mass is 32.1. The van der Waals surface area contributed by atoms with Crippen molar-refractivity contribution in [3.63, 3.8) is 0 Å². The van der Waals surface area contributed by atoms with Crippen molar-refractivity contribution in [2.45, 2.75) is 33.2 Å². The summed E-state index contributed by atoms with van der Waals surface area (Å²) in [6, 6.07) is 2.17. The van der Waals surface area contributed by atoms with Crippen molar-refractivity contribution in [1.82, 2.24) is 20.0 Å². The Morgan fingerprint density at radius 1 is 1.29 bits per heavy atom. The molecule has 0 unspecified atom stereocenters. The second-order valence-electron chi connectivity index (χ2n) is 3.74. The van der Waals surface area contributed by atoms with Crippen LogP contribution in [0, 0.1) is 0 Å². The van der Waals surface area contributed by atoms with Crippen LogP contribution >= 0.6 is 11.3 Å². The minimum Gasteiger partial charge on any atom is -0.363 e. The molecule has 2 heterocycles. The Bertz CT molecular complexity index is 488. The van der Waals surface area contributed by atoms with Gasteiger partial charge >= 0.3 is 0 Å². The van der Waals surface area contributed by atoms with Gasteiger partial charge in [0.25, 0.3) is 0 Å². The summed E-state index contributed by atoms with van der Waals surface area (Å²) in [4.78, 5) is 0. The van der Waals surface area contributed by atoms with Crippen LogP contribution in [0.25, 0.3) is 0 Å². The Morgan fingerprint density at radius 3 is 2.71 bits per heavy atom. The highest BCUT2D eigenvalue weighted by Gasteiger charge is 2.09. The molecule has 0 fully saturated rings. The number of rotatable bonds is 5. The molecule has 92 valence electrons. The summed E-state index contributed by atoms with van der Waals surface area (Å²) in [5.41, 5.74) is 2.39. The van der Waals surface area contributed by atoms with E-state index in [0.29, 0.717) is 6.54 Å². The Hall–Kier alpha value is -1.43. The molecular weight excluding hydrogens is 234 g/mol. The highest BCUT2D eigenvalue weighted by molar-refractivity contribution is 7.15. The molecule has 0 bridgehead atoms. The van der Waals surface area contributed by atoms with E-state index < -0.39 is 0 Å². The average molecular weight is 251 g/mol. The number of nitrogens with one attached hydrogen (secondary N) is 1. The van der Waals surface area contributed by atoms with Gasteiger partial charge in [-0.3, -0.25) is 4.68 Å². The van der Waals surface area contributed by atoms with Gasteiger partial charge in [-0.05, 0) is 18.9 Å². The monoisotopic (exact) mass is 251 g/mol. The first kappa shape index (κ1) is 12.0. The Balaban J connectivity index is 2.19. The minimum absolute atomic E-state index is 0.711. The summed E-state index contributed by atoms with van der Waals surface area (Å²) >= 11 is 1.57. The molecule has 0 aliphatic heterocycles. The zero-order valence-corrected chi connectivity index (χ0v) is 11.2. The summed E-state index contributed by atoms with van der Waals surface area (Å²) in [7, 11) is 1.85. The Kier molecular flexibility index (Phi) is 3.73. The van der Waals surface area contributed by atoms with Gasteiger partial charge in [0.2, 0.25) is 5.13 Å². The lowest BCUT2D eigenvalue weighted by Gasteiger charge is -2.01. The number of hydrogen-bond donors (Lipinski definition) is 1. The summed E-state index contributed by atoms with van der Waals surface area (Å²) in [6.45, 7) is 4.98. The number of aryl methyl sites for hydroxylation is 2. The number of nitrogens with zero attached hydrogens (tertiary/aromatic N) is 4. The maximum Gasteiger partial charge on any atom is 0.205 e. The third-order valence-corrected chi connectivity index (χ3v) is 3.53. The zero-order valence-electron chi connectivity index (χ0n) is 10.4. The molecule has 0 amide bonds. The van der Waals surface area contributed by atoms with Gasteiger partial charge in [0, 0.05) is 12.7 Å². The van der Waals surface area contributed by atoms with Crippen LogP contribution in [0.2, 0.25) is 0 Å². The first-order chi connectivity index (χ1) is 8.26. The lowest BCUT2D eigenvalue weighted by molar-refractivity contribution is 0.634. The van der Waals surface area contributed by atoms with Crippen LogP contribution in [0.15, 0.2) is 6.07 Å². The lowest BCUT2D eigenvalue weighted by Crippen LogP contribution is -2.05. The van der Waals surface area contributed by atoms with Crippen molar-refractivity contribution in [3.05, 3.63) is 22.5 Å². The summed E-state index contributed by atoms with van der Waals surface area (Å²) in [5.74, 6) is 0. The topological polar surface area (TPSA) is 55.6 Å². The Morgan fingerprint density at radius 2 is 2.12 bits per heavy atom. The molecule has 17 heavy (non-hydrogen) atoms. The SMILES string of the molecule is CCc1cc(CC)n(Cc2nnc(NC)s2)n1. The standard InChI is InChI=1S/C11H17N5S/c1-4-8-6-9(5-2)16(15-8)7-10-13-14-11(12-3)17-10/h6H,4-5,7H2,1-3H3,(H,12,14). The van der Waals surface area contributed by atoms with Crippen molar-refractivity contribution >= 4 is 16.5 Å². The van der Waals surface area contributed by atoms with Crippen LogP contribution < -0.4 is 5.32 Å². The Labute approximate surface area is 105 Å². The maximum absolute atomic E-state index is 4.57. The molecule has 6 heteroatoms. The van der Waals surface area contributed by atoms with E-state index >= 15 is 0 Å². The van der Waals surface area contributed by atoms with Crippen LogP contribution in [0.1, 0.15) is 30.2 Å². The maximum atomic E-state index is 4.57. The molecule has 0 spiro atoms. The van der Waals surface area contributed by atoms with E-state index in [-0.39, 0.29) is 0 Å². The fraction of sp³-hybridized carbons (Fsp3) is 0.545. The van der Waals surface area contributed by atoms with Gasteiger partial charge in [0.05, 0.1) is 12.2 Å². The predicted molar refractivity (Wildman–Crippen MR) is 69.5 cm³/mol.